The molecule has 0 aliphatic rings. The Balaban J connectivity index is 2.32. The van der Waals surface area contributed by atoms with Crippen LogP contribution in [0.3, 0.4) is 0 Å². The summed E-state index contributed by atoms with van der Waals surface area (Å²) in [6.45, 7) is 0. The number of hydrogen-bond donors (Lipinski definition) is 0. The van der Waals surface area contributed by atoms with Crippen molar-refractivity contribution in [3.63, 3.8) is 0 Å². The van der Waals surface area contributed by atoms with Crippen molar-refractivity contribution in [2.75, 3.05) is 7.11 Å². The first kappa shape index (κ1) is 13.8. The van der Waals surface area contributed by atoms with Gasteiger partial charge in [-0.1, -0.05) is 0 Å². The lowest BCUT2D eigenvalue weighted by Crippen LogP contribution is -2.02. The summed E-state index contributed by atoms with van der Waals surface area (Å²) in [5, 5.41) is 0. The molecule has 0 fully saturated rings. The summed E-state index contributed by atoms with van der Waals surface area (Å²) in [5.41, 5.74) is 1.26. The molecule has 3 aromatic rings. The fraction of sp³-hybridized carbons (Fsp3) is 0.143. The van der Waals surface area contributed by atoms with Crippen molar-refractivity contribution in [3.05, 3.63) is 47.8 Å². The number of ether oxygens (including phenoxy) is 1. The number of methoxy groups -OCH3 is 1. The van der Waals surface area contributed by atoms with E-state index in [0.29, 0.717) is 22.9 Å². The fourth-order valence-electron chi connectivity index (χ4n) is 2.13. The number of rotatable bonds is 3. The van der Waals surface area contributed by atoms with Crippen molar-refractivity contribution in [2.45, 2.75) is 5.88 Å². The van der Waals surface area contributed by atoms with Crippen LogP contribution < -0.4 is 4.74 Å². The van der Waals surface area contributed by atoms with Gasteiger partial charge >= 0.3 is 0 Å². The summed E-state index contributed by atoms with van der Waals surface area (Å²) < 4.78 is 33.5. The van der Waals surface area contributed by atoms with Crippen LogP contribution in [0.1, 0.15) is 5.82 Å². The van der Waals surface area contributed by atoms with Gasteiger partial charge in [0.25, 0.3) is 0 Å². The molecule has 0 aliphatic carbocycles. The number of nitrogens with zero attached hydrogens (tertiary/aromatic N) is 3. The number of aromatic nitrogens is 3. The average molecular weight is 310 g/mol. The Bertz CT molecular complexity index is 799. The second-order valence-electron chi connectivity index (χ2n) is 4.32. The number of halogens is 3. The first-order valence-corrected chi connectivity index (χ1v) is 6.60. The van der Waals surface area contributed by atoms with Crippen LogP contribution in [0.5, 0.6) is 5.88 Å². The van der Waals surface area contributed by atoms with Gasteiger partial charge < -0.3 is 4.74 Å². The highest BCUT2D eigenvalue weighted by molar-refractivity contribution is 6.16. The minimum Gasteiger partial charge on any atom is -0.481 e. The summed E-state index contributed by atoms with van der Waals surface area (Å²) in [4.78, 5) is 8.58. The minimum absolute atomic E-state index is 0.0802. The summed E-state index contributed by atoms with van der Waals surface area (Å²) in [6.07, 6.45) is 0. The summed E-state index contributed by atoms with van der Waals surface area (Å²) in [6, 6.07) is 6.56. The van der Waals surface area contributed by atoms with Crippen LogP contribution in [0.25, 0.3) is 16.9 Å². The highest BCUT2D eigenvalue weighted by atomic mass is 35.5. The van der Waals surface area contributed by atoms with Crippen LogP contribution in [-0.2, 0) is 5.88 Å². The predicted molar refractivity (Wildman–Crippen MR) is 74.9 cm³/mol. The molecule has 0 N–H and O–H groups in total. The Labute approximate surface area is 124 Å². The number of pyridine rings is 1. The van der Waals surface area contributed by atoms with Gasteiger partial charge in [0.15, 0.2) is 5.65 Å². The molecule has 1 aromatic carbocycles. The molecule has 0 aliphatic heterocycles. The topological polar surface area (TPSA) is 39.9 Å². The fourth-order valence-corrected chi connectivity index (χ4v) is 2.31. The first-order valence-electron chi connectivity index (χ1n) is 6.07. The van der Waals surface area contributed by atoms with Gasteiger partial charge in [0.05, 0.1) is 18.7 Å². The van der Waals surface area contributed by atoms with E-state index in [2.05, 4.69) is 9.97 Å². The third-order valence-electron chi connectivity index (χ3n) is 2.98. The van der Waals surface area contributed by atoms with Gasteiger partial charge in [0.1, 0.15) is 23.0 Å². The first-order chi connectivity index (χ1) is 10.1. The van der Waals surface area contributed by atoms with E-state index in [0.717, 1.165) is 6.07 Å². The highest BCUT2D eigenvalue weighted by Gasteiger charge is 2.15. The molecule has 2 aromatic heterocycles. The second kappa shape index (κ2) is 5.29. The van der Waals surface area contributed by atoms with Crippen LogP contribution in [0.4, 0.5) is 8.78 Å². The Morgan fingerprint density at radius 1 is 1.14 bits per heavy atom. The molecule has 108 valence electrons. The third kappa shape index (κ3) is 2.42. The Hall–Kier alpha value is -2.21. The number of imidazole rings is 1. The Morgan fingerprint density at radius 2 is 1.86 bits per heavy atom. The van der Waals surface area contributed by atoms with Crippen LogP contribution in [-0.4, -0.2) is 21.6 Å². The largest absolute Gasteiger partial charge is 0.481 e. The SMILES string of the molecule is COc1ccc2nc(CCl)n(-c3cc(F)cc(F)c3)c2n1. The minimum atomic E-state index is -0.685. The highest BCUT2D eigenvalue weighted by Crippen LogP contribution is 2.24. The maximum atomic E-state index is 13.4. The maximum absolute atomic E-state index is 13.4. The van der Waals surface area contributed by atoms with Gasteiger partial charge in [-0.2, -0.15) is 4.98 Å². The van der Waals surface area contributed by atoms with Crippen molar-refractivity contribution in [2.24, 2.45) is 0 Å². The molecule has 0 amide bonds. The molecule has 0 unspecified atom stereocenters. The molecule has 0 saturated heterocycles. The second-order valence-corrected chi connectivity index (χ2v) is 4.59. The van der Waals surface area contributed by atoms with Crippen molar-refractivity contribution >= 4 is 22.8 Å². The standard InChI is InChI=1S/C14H10ClF2N3O/c1-21-13-3-2-11-14(19-13)20(12(7-15)18-11)10-5-8(16)4-9(17)6-10/h2-6H,7H2,1H3. The van der Waals surface area contributed by atoms with Crippen LogP contribution >= 0.6 is 11.6 Å². The van der Waals surface area contributed by atoms with E-state index in [1.165, 1.54) is 23.8 Å². The van der Waals surface area contributed by atoms with E-state index in [1.807, 2.05) is 0 Å². The molecular formula is C14H10ClF2N3O. The smallest absolute Gasteiger partial charge is 0.215 e. The van der Waals surface area contributed by atoms with Gasteiger partial charge in [0, 0.05) is 12.1 Å². The Kier molecular flexibility index (Phi) is 3.47. The molecule has 0 spiro atoms. The van der Waals surface area contributed by atoms with E-state index in [4.69, 9.17) is 16.3 Å². The number of hydrogen-bond acceptors (Lipinski definition) is 3. The molecule has 21 heavy (non-hydrogen) atoms. The van der Waals surface area contributed by atoms with Crippen LogP contribution in [0, 0.1) is 11.6 Å². The van der Waals surface area contributed by atoms with E-state index >= 15 is 0 Å². The predicted octanol–water partition coefficient (Wildman–Crippen LogP) is 3.45. The van der Waals surface area contributed by atoms with Gasteiger partial charge in [0.2, 0.25) is 5.88 Å². The van der Waals surface area contributed by atoms with Crippen molar-refractivity contribution in [3.8, 4) is 11.6 Å². The molecule has 7 heteroatoms. The van der Waals surface area contributed by atoms with E-state index in [9.17, 15) is 8.78 Å². The van der Waals surface area contributed by atoms with E-state index < -0.39 is 11.6 Å². The van der Waals surface area contributed by atoms with Gasteiger partial charge in [-0.15, -0.1) is 11.6 Å². The number of fused-ring (bicyclic) bond motifs is 1. The van der Waals surface area contributed by atoms with Crippen molar-refractivity contribution in [1.82, 2.24) is 14.5 Å². The zero-order chi connectivity index (χ0) is 15.0. The van der Waals surface area contributed by atoms with Crippen molar-refractivity contribution in [1.29, 1.82) is 0 Å². The lowest BCUT2D eigenvalue weighted by Gasteiger charge is -2.08. The van der Waals surface area contributed by atoms with Crippen LogP contribution in [0.2, 0.25) is 0 Å². The molecule has 4 nitrogen and oxygen atoms in total. The molecular weight excluding hydrogens is 300 g/mol. The van der Waals surface area contributed by atoms with Gasteiger partial charge in [-0.25, -0.2) is 13.8 Å². The lowest BCUT2D eigenvalue weighted by atomic mass is 10.3. The average Bonchev–Trinajstić information content (AvgIpc) is 2.83. The van der Waals surface area contributed by atoms with Crippen molar-refractivity contribution < 1.29 is 13.5 Å². The molecule has 3 rings (SSSR count). The quantitative estimate of drug-likeness (QED) is 0.696. The molecule has 0 saturated carbocycles. The lowest BCUT2D eigenvalue weighted by molar-refractivity contribution is 0.399. The summed E-state index contributed by atoms with van der Waals surface area (Å²) >= 11 is 5.88. The number of benzene rings is 1. The number of alkyl halides is 1. The molecule has 0 radical (unpaired) electrons. The molecule has 0 bridgehead atoms. The van der Waals surface area contributed by atoms with E-state index in [-0.39, 0.29) is 11.6 Å². The maximum Gasteiger partial charge on any atom is 0.215 e. The third-order valence-corrected chi connectivity index (χ3v) is 3.22. The summed E-state index contributed by atoms with van der Waals surface area (Å²) in [7, 11) is 1.49. The summed E-state index contributed by atoms with van der Waals surface area (Å²) in [5.74, 6) is -0.471. The van der Waals surface area contributed by atoms with E-state index in [1.54, 1.807) is 12.1 Å². The Morgan fingerprint density at radius 3 is 2.48 bits per heavy atom. The van der Waals surface area contributed by atoms with Gasteiger partial charge in [-0.05, 0) is 18.2 Å². The van der Waals surface area contributed by atoms with Gasteiger partial charge in [-0.3, -0.25) is 4.57 Å². The molecule has 2 heterocycles. The molecule has 0 atom stereocenters. The normalized spacial score (nSPS) is 11.0. The zero-order valence-electron chi connectivity index (χ0n) is 11.0. The monoisotopic (exact) mass is 309 g/mol. The zero-order valence-corrected chi connectivity index (χ0v) is 11.7. The van der Waals surface area contributed by atoms with Crippen LogP contribution in [0.15, 0.2) is 30.3 Å².